The number of rotatable bonds is 3. The van der Waals surface area contributed by atoms with Crippen molar-refractivity contribution >= 4 is 12.0 Å². The Bertz CT molecular complexity index is 659. The second-order valence-electron chi connectivity index (χ2n) is 4.28. The maximum Gasteiger partial charge on any atom is 0.336 e. The van der Waals surface area contributed by atoms with Crippen LogP contribution in [0.1, 0.15) is 11.1 Å². The molecule has 102 valence electrons. The van der Waals surface area contributed by atoms with Crippen molar-refractivity contribution in [2.75, 3.05) is 0 Å². The predicted molar refractivity (Wildman–Crippen MR) is 75.6 cm³/mol. The van der Waals surface area contributed by atoms with Crippen molar-refractivity contribution in [1.29, 1.82) is 0 Å². The SMILES string of the molecule is Cc1ccc(OC(=O)/C=C/c2ccccc2O)c(O)c1. The van der Waals surface area contributed by atoms with Gasteiger partial charge in [-0.2, -0.15) is 0 Å². The monoisotopic (exact) mass is 270 g/mol. The molecule has 0 saturated heterocycles. The highest BCUT2D eigenvalue weighted by atomic mass is 16.5. The number of aromatic hydroxyl groups is 2. The van der Waals surface area contributed by atoms with Gasteiger partial charge in [-0.25, -0.2) is 4.79 Å². The Hall–Kier alpha value is -2.75. The first-order valence-electron chi connectivity index (χ1n) is 6.04. The Morgan fingerprint density at radius 2 is 1.85 bits per heavy atom. The molecule has 2 rings (SSSR count). The average molecular weight is 270 g/mol. The molecule has 2 N–H and O–H groups in total. The van der Waals surface area contributed by atoms with Gasteiger partial charge in [-0.3, -0.25) is 0 Å². The summed E-state index contributed by atoms with van der Waals surface area (Å²) in [6.07, 6.45) is 2.64. The summed E-state index contributed by atoms with van der Waals surface area (Å²) in [7, 11) is 0. The van der Waals surface area contributed by atoms with E-state index in [9.17, 15) is 15.0 Å². The number of esters is 1. The number of hydrogen-bond donors (Lipinski definition) is 2. The molecule has 0 radical (unpaired) electrons. The van der Waals surface area contributed by atoms with E-state index >= 15 is 0 Å². The third-order valence-electron chi connectivity index (χ3n) is 2.66. The zero-order chi connectivity index (χ0) is 14.5. The molecule has 0 saturated carbocycles. The molecule has 2 aromatic carbocycles. The zero-order valence-corrected chi connectivity index (χ0v) is 10.9. The summed E-state index contributed by atoms with van der Waals surface area (Å²) in [6.45, 7) is 1.82. The van der Waals surface area contributed by atoms with Gasteiger partial charge in [0.2, 0.25) is 0 Å². The first kappa shape index (κ1) is 13.7. The molecule has 0 bridgehead atoms. The molecule has 0 aliphatic rings. The van der Waals surface area contributed by atoms with Crippen molar-refractivity contribution in [1.82, 2.24) is 0 Å². The second-order valence-corrected chi connectivity index (χ2v) is 4.28. The average Bonchev–Trinajstić information content (AvgIpc) is 2.41. The summed E-state index contributed by atoms with van der Waals surface area (Å²) in [5, 5.41) is 19.2. The number of benzene rings is 2. The Kier molecular flexibility index (Phi) is 4.05. The number of phenolic OH excluding ortho intramolecular Hbond substituents is 2. The van der Waals surface area contributed by atoms with Crippen LogP contribution in [0.15, 0.2) is 48.5 Å². The van der Waals surface area contributed by atoms with Crippen LogP contribution in [0.5, 0.6) is 17.2 Å². The fraction of sp³-hybridized carbons (Fsp3) is 0.0625. The first-order chi connectivity index (χ1) is 9.56. The van der Waals surface area contributed by atoms with Gasteiger partial charge < -0.3 is 14.9 Å². The third kappa shape index (κ3) is 3.38. The van der Waals surface area contributed by atoms with Gasteiger partial charge in [-0.15, -0.1) is 0 Å². The zero-order valence-electron chi connectivity index (χ0n) is 10.9. The Morgan fingerprint density at radius 3 is 2.55 bits per heavy atom. The number of ether oxygens (including phenoxy) is 1. The Labute approximate surface area is 116 Å². The van der Waals surface area contributed by atoms with Gasteiger partial charge in [-0.05, 0) is 36.8 Å². The molecule has 0 aliphatic heterocycles. The second kappa shape index (κ2) is 5.93. The van der Waals surface area contributed by atoms with Crippen LogP contribution < -0.4 is 4.74 Å². The first-order valence-corrected chi connectivity index (χ1v) is 6.04. The number of hydrogen-bond acceptors (Lipinski definition) is 4. The van der Waals surface area contributed by atoms with Crippen LogP contribution >= 0.6 is 0 Å². The molecular formula is C16H14O4. The van der Waals surface area contributed by atoms with E-state index in [1.807, 2.05) is 6.92 Å². The van der Waals surface area contributed by atoms with Crippen molar-refractivity contribution in [3.63, 3.8) is 0 Å². The molecule has 0 amide bonds. The van der Waals surface area contributed by atoms with Gasteiger partial charge in [-0.1, -0.05) is 24.3 Å². The maximum absolute atomic E-state index is 11.6. The highest BCUT2D eigenvalue weighted by molar-refractivity contribution is 5.89. The topological polar surface area (TPSA) is 66.8 Å². The number of phenols is 2. The number of carbonyl (C=O) groups is 1. The van der Waals surface area contributed by atoms with Crippen LogP contribution in [0.4, 0.5) is 0 Å². The lowest BCUT2D eigenvalue weighted by Crippen LogP contribution is -2.03. The molecule has 4 heteroatoms. The van der Waals surface area contributed by atoms with Crippen LogP contribution in [-0.2, 0) is 4.79 Å². The van der Waals surface area contributed by atoms with E-state index in [0.717, 1.165) is 5.56 Å². The summed E-state index contributed by atoms with van der Waals surface area (Å²) >= 11 is 0. The highest BCUT2D eigenvalue weighted by Crippen LogP contribution is 2.26. The van der Waals surface area contributed by atoms with Gasteiger partial charge >= 0.3 is 5.97 Å². The van der Waals surface area contributed by atoms with Crippen LogP contribution in [0.25, 0.3) is 6.08 Å². The maximum atomic E-state index is 11.6. The lowest BCUT2D eigenvalue weighted by atomic mass is 10.2. The molecule has 0 spiro atoms. The summed E-state index contributed by atoms with van der Waals surface area (Å²) in [5.74, 6) is -0.543. The quantitative estimate of drug-likeness (QED) is 0.511. The Morgan fingerprint density at radius 1 is 1.10 bits per heavy atom. The molecule has 0 aromatic heterocycles. The van der Waals surface area contributed by atoms with Gasteiger partial charge in [0, 0.05) is 11.6 Å². The van der Waals surface area contributed by atoms with E-state index in [1.165, 1.54) is 30.4 Å². The van der Waals surface area contributed by atoms with E-state index in [1.54, 1.807) is 24.3 Å². The van der Waals surface area contributed by atoms with Crippen LogP contribution in [0.3, 0.4) is 0 Å². The van der Waals surface area contributed by atoms with Crippen molar-refractivity contribution in [3.8, 4) is 17.2 Å². The van der Waals surface area contributed by atoms with Gasteiger partial charge in [0.15, 0.2) is 11.5 Å². The van der Waals surface area contributed by atoms with Crippen molar-refractivity contribution < 1.29 is 19.7 Å². The molecule has 0 heterocycles. The fourth-order valence-corrected chi connectivity index (χ4v) is 1.64. The van der Waals surface area contributed by atoms with E-state index in [-0.39, 0.29) is 17.2 Å². The number of carbonyl (C=O) groups excluding carboxylic acids is 1. The minimum absolute atomic E-state index is 0.0785. The summed E-state index contributed by atoms with van der Waals surface area (Å²) in [4.78, 5) is 11.6. The van der Waals surface area contributed by atoms with Crippen molar-refractivity contribution in [2.45, 2.75) is 6.92 Å². The smallest absolute Gasteiger partial charge is 0.336 e. The summed E-state index contributed by atoms with van der Waals surface area (Å²) in [6, 6.07) is 11.4. The van der Waals surface area contributed by atoms with Crippen LogP contribution in [0, 0.1) is 6.92 Å². The minimum atomic E-state index is -0.632. The molecule has 0 atom stereocenters. The van der Waals surface area contributed by atoms with E-state index < -0.39 is 5.97 Å². The lowest BCUT2D eigenvalue weighted by molar-refractivity contribution is -0.129. The van der Waals surface area contributed by atoms with Crippen molar-refractivity contribution in [3.05, 3.63) is 59.7 Å². The third-order valence-corrected chi connectivity index (χ3v) is 2.66. The standard InChI is InChI=1S/C16H14O4/c1-11-6-8-15(14(18)10-11)20-16(19)9-7-12-4-2-3-5-13(12)17/h2-10,17-18H,1H3/b9-7+. The van der Waals surface area contributed by atoms with Crippen LogP contribution in [-0.4, -0.2) is 16.2 Å². The number of para-hydroxylation sites is 1. The van der Waals surface area contributed by atoms with Gasteiger partial charge in [0.1, 0.15) is 5.75 Å². The van der Waals surface area contributed by atoms with E-state index in [4.69, 9.17) is 4.74 Å². The van der Waals surface area contributed by atoms with E-state index in [2.05, 4.69) is 0 Å². The minimum Gasteiger partial charge on any atom is -0.507 e. The van der Waals surface area contributed by atoms with Crippen LogP contribution in [0.2, 0.25) is 0 Å². The molecule has 0 unspecified atom stereocenters. The van der Waals surface area contributed by atoms with E-state index in [0.29, 0.717) is 5.56 Å². The highest BCUT2D eigenvalue weighted by Gasteiger charge is 2.06. The predicted octanol–water partition coefficient (Wildman–Crippen LogP) is 3.03. The molecule has 20 heavy (non-hydrogen) atoms. The fourth-order valence-electron chi connectivity index (χ4n) is 1.64. The molecule has 0 fully saturated rings. The van der Waals surface area contributed by atoms with Crippen molar-refractivity contribution in [2.24, 2.45) is 0 Å². The normalized spacial score (nSPS) is 10.7. The number of aryl methyl sites for hydroxylation is 1. The summed E-state index contributed by atoms with van der Waals surface area (Å²) in [5.41, 5.74) is 1.38. The lowest BCUT2D eigenvalue weighted by Gasteiger charge is -2.04. The Balaban J connectivity index is 2.08. The van der Waals surface area contributed by atoms with Gasteiger partial charge in [0.05, 0.1) is 0 Å². The summed E-state index contributed by atoms with van der Waals surface area (Å²) < 4.78 is 5.00. The molecular weight excluding hydrogens is 256 g/mol. The van der Waals surface area contributed by atoms with Gasteiger partial charge in [0.25, 0.3) is 0 Å². The molecule has 4 nitrogen and oxygen atoms in total. The molecule has 0 aliphatic carbocycles. The largest absolute Gasteiger partial charge is 0.507 e. The molecule has 2 aromatic rings.